The van der Waals surface area contributed by atoms with E-state index in [9.17, 15) is 14.7 Å². The third-order valence-corrected chi connectivity index (χ3v) is 6.16. The minimum Gasteiger partial charge on any atom is -0.396 e. The first-order valence-corrected chi connectivity index (χ1v) is 11.1. The van der Waals surface area contributed by atoms with Crippen molar-refractivity contribution in [3.05, 3.63) is 29.3 Å². The average molecular weight is 408 g/mol. The van der Waals surface area contributed by atoms with Crippen molar-refractivity contribution >= 4 is 29.3 Å². The zero-order chi connectivity index (χ0) is 20.7. The van der Waals surface area contributed by atoms with Gasteiger partial charge in [-0.05, 0) is 63.2 Å². The topological polar surface area (TPSA) is 72.9 Å². The predicted octanol–water partition coefficient (Wildman–Crippen LogP) is 2.46. The van der Waals surface area contributed by atoms with Gasteiger partial charge in [-0.15, -0.1) is 0 Å². The summed E-state index contributed by atoms with van der Waals surface area (Å²) in [6.45, 7) is 5.23. The molecule has 0 spiro atoms. The molecular weight excluding hydrogens is 374 g/mol. The number of likely N-dealkylation sites (tertiary alicyclic amines) is 1. The van der Waals surface area contributed by atoms with E-state index in [0.29, 0.717) is 30.1 Å². The van der Waals surface area contributed by atoms with Crippen LogP contribution in [-0.2, 0) is 4.79 Å². The van der Waals surface area contributed by atoms with Gasteiger partial charge in [0.2, 0.25) is 5.91 Å². The van der Waals surface area contributed by atoms with Gasteiger partial charge < -0.3 is 20.2 Å². The number of aliphatic hydroxyl groups excluding tert-OH is 1. The number of benzene rings is 1. The standard InChI is InChI=1S/C21H33N3O3S/c1-5-28-14-20(26)22-19-10-17(8-6-15(19)2)21(27)24-11-16(13-25)7-9-18(12-24)23(3)4/h6,8,10,16,18,25H,5,7,9,11-14H2,1-4H3,(H,22,26)/t16-,18+/m0/s1. The first-order chi connectivity index (χ1) is 13.3. The second-order valence-electron chi connectivity index (χ2n) is 7.67. The molecule has 0 saturated carbocycles. The molecule has 156 valence electrons. The Hall–Kier alpha value is -1.57. The van der Waals surface area contributed by atoms with E-state index < -0.39 is 0 Å². The molecule has 1 fully saturated rings. The van der Waals surface area contributed by atoms with E-state index in [4.69, 9.17) is 0 Å². The lowest BCUT2D eigenvalue weighted by Crippen LogP contribution is -2.42. The Morgan fingerprint density at radius 2 is 2.04 bits per heavy atom. The number of carbonyl (C=O) groups excluding carboxylic acids is 2. The molecule has 2 N–H and O–H groups in total. The van der Waals surface area contributed by atoms with Gasteiger partial charge >= 0.3 is 0 Å². The number of nitrogens with zero attached hydrogens (tertiary/aromatic N) is 2. The number of hydrogen-bond donors (Lipinski definition) is 2. The van der Waals surface area contributed by atoms with E-state index in [1.807, 2.05) is 45.0 Å². The van der Waals surface area contributed by atoms with Crippen LogP contribution in [0.3, 0.4) is 0 Å². The van der Waals surface area contributed by atoms with Crippen molar-refractivity contribution in [2.24, 2.45) is 5.92 Å². The number of likely N-dealkylation sites (N-methyl/N-ethyl adjacent to an activating group) is 1. The van der Waals surface area contributed by atoms with Gasteiger partial charge in [0.1, 0.15) is 0 Å². The zero-order valence-electron chi connectivity index (χ0n) is 17.4. The van der Waals surface area contributed by atoms with E-state index in [1.165, 1.54) is 0 Å². The highest BCUT2D eigenvalue weighted by atomic mass is 32.2. The van der Waals surface area contributed by atoms with E-state index in [1.54, 1.807) is 17.8 Å². The van der Waals surface area contributed by atoms with Crippen molar-refractivity contribution < 1.29 is 14.7 Å². The van der Waals surface area contributed by atoms with Crippen LogP contribution in [0.4, 0.5) is 5.69 Å². The molecule has 7 heteroatoms. The van der Waals surface area contributed by atoms with Crippen LogP contribution < -0.4 is 5.32 Å². The van der Waals surface area contributed by atoms with Crippen molar-refractivity contribution in [2.75, 3.05) is 50.6 Å². The third-order valence-electron chi connectivity index (χ3n) is 5.29. The molecule has 1 heterocycles. The summed E-state index contributed by atoms with van der Waals surface area (Å²) in [7, 11) is 4.06. The lowest BCUT2D eigenvalue weighted by molar-refractivity contribution is -0.113. The van der Waals surface area contributed by atoms with Gasteiger partial charge in [-0.1, -0.05) is 13.0 Å². The SMILES string of the molecule is CCSCC(=O)Nc1cc(C(=O)N2C[C@@H](CO)CC[C@@H](N(C)C)C2)ccc1C. The summed E-state index contributed by atoms with van der Waals surface area (Å²) < 4.78 is 0. The molecule has 2 atom stereocenters. The number of hydrogen-bond acceptors (Lipinski definition) is 5. The highest BCUT2D eigenvalue weighted by molar-refractivity contribution is 7.99. The van der Waals surface area contributed by atoms with E-state index in [-0.39, 0.29) is 30.4 Å². The minimum absolute atomic E-state index is 0.0503. The zero-order valence-corrected chi connectivity index (χ0v) is 18.2. The summed E-state index contributed by atoms with van der Waals surface area (Å²) in [6, 6.07) is 5.74. The van der Waals surface area contributed by atoms with Gasteiger partial charge in [-0.3, -0.25) is 9.59 Å². The molecule has 0 aliphatic carbocycles. The summed E-state index contributed by atoms with van der Waals surface area (Å²) in [6.07, 6.45) is 1.87. The van der Waals surface area contributed by atoms with Gasteiger partial charge in [0.05, 0.1) is 5.75 Å². The van der Waals surface area contributed by atoms with Crippen LogP contribution in [0.1, 0.15) is 35.7 Å². The monoisotopic (exact) mass is 407 g/mol. The maximum Gasteiger partial charge on any atom is 0.253 e. The molecule has 2 amide bonds. The lowest BCUT2D eigenvalue weighted by Gasteiger charge is -2.29. The molecule has 1 aliphatic heterocycles. The lowest BCUT2D eigenvalue weighted by atomic mass is 10.0. The molecule has 28 heavy (non-hydrogen) atoms. The fourth-order valence-corrected chi connectivity index (χ4v) is 3.90. The molecule has 0 aromatic heterocycles. The largest absolute Gasteiger partial charge is 0.396 e. The van der Waals surface area contributed by atoms with Crippen LogP contribution in [0.15, 0.2) is 18.2 Å². The molecule has 0 unspecified atom stereocenters. The second-order valence-corrected chi connectivity index (χ2v) is 8.94. The molecule has 1 aromatic carbocycles. The van der Waals surface area contributed by atoms with Crippen LogP contribution in [0.25, 0.3) is 0 Å². The van der Waals surface area contributed by atoms with Crippen molar-refractivity contribution in [1.29, 1.82) is 0 Å². The van der Waals surface area contributed by atoms with Crippen molar-refractivity contribution in [1.82, 2.24) is 9.80 Å². The quantitative estimate of drug-likeness (QED) is 0.726. The van der Waals surface area contributed by atoms with E-state index in [2.05, 4.69) is 10.2 Å². The number of carbonyl (C=O) groups is 2. The number of amides is 2. The molecule has 0 bridgehead atoms. The molecule has 1 saturated heterocycles. The molecule has 2 rings (SSSR count). The van der Waals surface area contributed by atoms with Crippen LogP contribution in [0.2, 0.25) is 0 Å². The first kappa shape index (κ1) is 22.7. The third kappa shape index (κ3) is 6.22. The van der Waals surface area contributed by atoms with Crippen molar-refractivity contribution in [3.8, 4) is 0 Å². The van der Waals surface area contributed by atoms with Crippen LogP contribution in [0.5, 0.6) is 0 Å². The van der Waals surface area contributed by atoms with Gasteiger partial charge in [-0.2, -0.15) is 11.8 Å². The van der Waals surface area contributed by atoms with Gasteiger partial charge in [0.25, 0.3) is 5.91 Å². The average Bonchev–Trinajstić information content (AvgIpc) is 2.90. The molecule has 0 radical (unpaired) electrons. The Morgan fingerprint density at radius 3 is 2.68 bits per heavy atom. The number of aryl methyl sites for hydroxylation is 1. The number of nitrogens with one attached hydrogen (secondary N) is 1. The van der Waals surface area contributed by atoms with Gasteiger partial charge in [-0.25, -0.2) is 0 Å². The Labute approximate surface area is 172 Å². The molecule has 6 nitrogen and oxygen atoms in total. The first-order valence-electron chi connectivity index (χ1n) is 9.90. The Bertz CT molecular complexity index is 681. The summed E-state index contributed by atoms with van der Waals surface area (Å²) in [5, 5.41) is 12.6. The van der Waals surface area contributed by atoms with Crippen molar-refractivity contribution in [3.63, 3.8) is 0 Å². The summed E-state index contributed by atoms with van der Waals surface area (Å²) >= 11 is 1.57. The fourth-order valence-electron chi connectivity index (χ4n) is 3.44. The number of aliphatic hydroxyl groups is 1. The van der Waals surface area contributed by atoms with E-state index in [0.717, 1.165) is 24.2 Å². The highest BCUT2D eigenvalue weighted by Gasteiger charge is 2.28. The smallest absolute Gasteiger partial charge is 0.253 e. The summed E-state index contributed by atoms with van der Waals surface area (Å²) in [5.41, 5.74) is 2.19. The fraction of sp³-hybridized carbons (Fsp3) is 0.619. The molecule has 1 aromatic rings. The highest BCUT2D eigenvalue weighted by Crippen LogP contribution is 2.23. The van der Waals surface area contributed by atoms with Crippen LogP contribution in [0, 0.1) is 12.8 Å². The summed E-state index contributed by atoms with van der Waals surface area (Å²) in [4.78, 5) is 29.3. The second kappa shape index (κ2) is 10.8. The summed E-state index contributed by atoms with van der Waals surface area (Å²) in [5.74, 6) is 1.29. The Morgan fingerprint density at radius 1 is 1.29 bits per heavy atom. The van der Waals surface area contributed by atoms with Gasteiger partial charge in [0, 0.05) is 37.0 Å². The Kier molecular flexibility index (Phi) is 8.79. The maximum atomic E-state index is 13.2. The number of thioether (sulfide) groups is 1. The number of rotatable bonds is 7. The maximum absolute atomic E-state index is 13.2. The minimum atomic E-state index is -0.0534. The van der Waals surface area contributed by atoms with Gasteiger partial charge in [0.15, 0.2) is 0 Å². The molecule has 1 aliphatic rings. The van der Waals surface area contributed by atoms with E-state index >= 15 is 0 Å². The normalized spacial score (nSPS) is 20.1. The number of anilines is 1. The molecular formula is C21H33N3O3S. The van der Waals surface area contributed by atoms with Crippen molar-refractivity contribution in [2.45, 2.75) is 32.7 Å². The Balaban J connectivity index is 2.19. The predicted molar refractivity (Wildman–Crippen MR) is 116 cm³/mol. The van der Waals surface area contributed by atoms with Crippen LogP contribution in [-0.4, -0.2) is 78.1 Å². The van der Waals surface area contributed by atoms with Crippen LogP contribution >= 0.6 is 11.8 Å².